The smallest absolute Gasteiger partial charge is 0.337 e. The number of aliphatic hydroxyl groups excluding tert-OH is 1. The first-order valence-corrected chi connectivity index (χ1v) is 6.90. The monoisotopic (exact) mass is 311 g/mol. The van der Waals surface area contributed by atoms with Crippen molar-refractivity contribution in [2.45, 2.75) is 17.9 Å². The summed E-state index contributed by atoms with van der Waals surface area (Å²) in [6, 6.07) is 0.568. The van der Waals surface area contributed by atoms with Crippen LogP contribution in [0.25, 0.3) is 0 Å². The molecule has 1 aromatic carbocycles. The van der Waals surface area contributed by atoms with Crippen molar-refractivity contribution < 1.29 is 27.8 Å². The summed E-state index contributed by atoms with van der Waals surface area (Å²) in [4.78, 5) is 10.2. The Labute approximate surface area is 113 Å². The zero-order chi connectivity index (χ0) is 14.8. The normalized spacial score (nSPS) is 13.3. The van der Waals surface area contributed by atoms with E-state index in [2.05, 4.69) is 4.72 Å². The van der Waals surface area contributed by atoms with Gasteiger partial charge in [-0.05, 0) is 19.1 Å². The van der Waals surface area contributed by atoms with Crippen LogP contribution in [-0.2, 0) is 10.0 Å². The minimum absolute atomic E-state index is 0.457. The van der Waals surface area contributed by atoms with Crippen LogP contribution in [0.4, 0.5) is 4.39 Å². The van der Waals surface area contributed by atoms with Gasteiger partial charge in [0.2, 0.25) is 10.0 Å². The predicted octanol–water partition coefficient (Wildman–Crippen LogP) is 0.836. The average molecular weight is 312 g/mol. The summed E-state index contributed by atoms with van der Waals surface area (Å²) in [6.45, 7) is 0.934. The van der Waals surface area contributed by atoms with E-state index in [4.69, 9.17) is 21.8 Å². The number of rotatable bonds is 5. The Balaban J connectivity index is 3.32. The van der Waals surface area contributed by atoms with Crippen LogP contribution in [0, 0.1) is 5.82 Å². The molecule has 0 saturated heterocycles. The molecule has 0 aliphatic heterocycles. The summed E-state index contributed by atoms with van der Waals surface area (Å²) in [6.07, 6.45) is 0. The summed E-state index contributed by atoms with van der Waals surface area (Å²) in [5, 5.41) is 16.9. The highest BCUT2D eigenvalue weighted by molar-refractivity contribution is 7.89. The highest BCUT2D eigenvalue weighted by atomic mass is 35.5. The van der Waals surface area contributed by atoms with Crippen LogP contribution in [0.1, 0.15) is 17.3 Å². The van der Waals surface area contributed by atoms with Gasteiger partial charge in [-0.15, -0.1) is 0 Å². The Hall–Kier alpha value is -1.22. The van der Waals surface area contributed by atoms with Gasteiger partial charge in [-0.3, -0.25) is 0 Å². The zero-order valence-corrected chi connectivity index (χ0v) is 11.3. The standard InChI is InChI=1S/C10H11ClFNO5S/c1-5(4-14)13-19(17,18)6-2-7(10(15)16)9(11)8(12)3-6/h2-3,5,13-14H,4H2,1H3,(H,15,16)/t5-/m0/s1. The Bertz CT molecular complexity index is 604. The van der Waals surface area contributed by atoms with Crippen LogP contribution < -0.4 is 4.72 Å². The number of benzene rings is 1. The summed E-state index contributed by atoms with van der Waals surface area (Å²) in [5.74, 6) is -2.70. The maximum Gasteiger partial charge on any atom is 0.337 e. The number of hydrogen-bond donors (Lipinski definition) is 3. The predicted molar refractivity (Wildman–Crippen MR) is 65.2 cm³/mol. The maximum atomic E-state index is 13.4. The van der Waals surface area contributed by atoms with Crippen LogP contribution in [0.15, 0.2) is 17.0 Å². The fourth-order valence-electron chi connectivity index (χ4n) is 1.25. The molecule has 3 N–H and O–H groups in total. The highest BCUT2D eigenvalue weighted by Crippen LogP contribution is 2.24. The number of halogens is 2. The molecule has 0 radical (unpaired) electrons. The second kappa shape index (κ2) is 5.83. The van der Waals surface area contributed by atoms with Crippen molar-refractivity contribution in [3.63, 3.8) is 0 Å². The van der Waals surface area contributed by atoms with E-state index in [0.717, 1.165) is 6.07 Å². The number of aliphatic hydroxyl groups is 1. The number of carboxylic acids is 1. The minimum atomic E-state index is -4.14. The lowest BCUT2D eigenvalue weighted by Crippen LogP contribution is -2.35. The van der Waals surface area contributed by atoms with Gasteiger partial charge in [-0.25, -0.2) is 22.3 Å². The summed E-state index contributed by atoms with van der Waals surface area (Å²) in [7, 11) is -4.14. The van der Waals surface area contributed by atoms with Gasteiger partial charge in [-0.2, -0.15) is 0 Å². The van der Waals surface area contributed by atoms with Gasteiger partial charge in [0.25, 0.3) is 0 Å². The first-order valence-electron chi connectivity index (χ1n) is 5.04. The van der Waals surface area contributed by atoms with Crippen molar-refractivity contribution >= 4 is 27.6 Å². The number of carboxylic acid groups (broad SMARTS) is 1. The van der Waals surface area contributed by atoms with Crippen LogP contribution in [0.3, 0.4) is 0 Å². The average Bonchev–Trinajstić information content (AvgIpc) is 2.31. The van der Waals surface area contributed by atoms with E-state index in [1.54, 1.807) is 0 Å². The lowest BCUT2D eigenvalue weighted by molar-refractivity contribution is 0.0696. The fourth-order valence-corrected chi connectivity index (χ4v) is 2.71. The number of nitrogens with one attached hydrogen (secondary N) is 1. The maximum absolute atomic E-state index is 13.4. The second-order valence-corrected chi connectivity index (χ2v) is 5.87. The molecule has 0 unspecified atom stereocenters. The van der Waals surface area contributed by atoms with E-state index in [1.807, 2.05) is 0 Å². The lowest BCUT2D eigenvalue weighted by Gasteiger charge is -2.12. The van der Waals surface area contributed by atoms with E-state index < -0.39 is 49.9 Å². The topological polar surface area (TPSA) is 104 Å². The van der Waals surface area contributed by atoms with Crippen molar-refractivity contribution in [2.75, 3.05) is 6.61 Å². The summed E-state index contributed by atoms with van der Waals surface area (Å²) < 4.78 is 39.1. The number of aromatic carboxylic acids is 1. The molecule has 0 fully saturated rings. The van der Waals surface area contributed by atoms with Gasteiger partial charge < -0.3 is 10.2 Å². The van der Waals surface area contributed by atoms with Gasteiger partial charge >= 0.3 is 5.97 Å². The molecule has 19 heavy (non-hydrogen) atoms. The quantitative estimate of drug-likeness (QED) is 0.747. The Morgan fingerprint density at radius 2 is 2.11 bits per heavy atom. The number of carbonyl (C=O) groups is 1. The highest BCUT2D eigenvalue weighted by Gasteiger charge is 2.23. The van der Waals surface area contributed by atoms with Gasteiger partial charge in [0, 0.05) is 6.04 Å². The van der Waals surface area contributed by atoms with Gasteiger partial charge in [0.15, 0.2) is 0 Å². The van der Waals surface area contributed by atoms with E-state index in [9.17, 15) is 17.6 Å². The molecule has 1 rings (SSSR count). The zero-order valence-electron chi connectivity index (χ0n) is 9.72. The van der Waals surface area contributed by atoms with Crippen LogP contribution in [0.5, 0.6) is 0 Å². The van der Waals surface area contributed by atoms with Gasteiger partial charge in [-0.1, -0.05) is 11.6 Å². The first-order chi connectivity index (χ1) is 8.69. The van der Waals surface area contributed by atoms with Gasteiger partial charge in [0.05, 0.1) is 22.1 Å². The number of sulfonamides is 1. The van der Waals surface area contributed by atoms with Crippen LogP contribution >= 0.6 is 11.6 Å². The lowest BCUT2D eigenvalue weighted by atomic mass is 10.2. The van der Waals surface area contributed by atoms with E-state index in [1.165, 1.54) is 6.92 Å². The van der Waals surface area contributed by atoms with Crippen LogP contribution in [0.2, 0.25) is 5.02 Å². The fraction of sp³-hybridized carbons (Fsp3) is 0.300. The third kappa shape index (κ3) is 3.63. The SMILES string of the molecule is C[C@@H](CO)NS(=O)(=O)c1cc(F)c(Cl)c(C(=O)O)c1. The number of hydrogen-bond acceptors (Lipinski definition) is 4. The van der Waals surface area contributed by atoms with Crippen LogP contribution in [-0.4, -0.2) is 37.2 Å². The molecule has 0 saturated carbocycles. The first kappa shape index (κ1) is 15.8. The Kier molecular flexibility index (Phi) is 4.86. The molecule has 0 spiro atoms. The Morgan fingerprint density at radius 1 is 1.53 bits per heavy atom. The summed E-state index contributed by atoms with van der Waals surface area (Å²) in [5.41, 5.74) is -0.654. The summed E-state index contributed by atoms with van der Waals surface area (Å²) >= 11 is 5.43. The molecular weight excluding hydrogens is 301 g/mol. The molecular formula is C10H11ClFNO5S. The van der Waals surface area contributed by atoms with Crippen molar-refractivity contribution in [3.8, 4) is 0 Å². The van der Waals surface area contributed by atoms with Crippen molar-refractivity contribution in [3.05, 3.63) is 28.5 Å². The van der Waals surface area contributed by atoms with E-state index in [-0.39, 0.29) is 0 Å². The van der Waals surface area contributed by atoms with E-state index in [0.29, 0.717) is 6.07 Å². The largest absolute Gasteiger partial charge is 0.478 e. The molecule has 1 aromatic rings. The molecule has 106 valence electrons. The molecule has 0 heterocycles. The molecule has 0 amide bonds. The molecule has 0 bridgehead atoms. The molecule has 0 aromatic heterocycles. The molecule has 0 aliphatic carbocycles. The van der Waals surface area contributed by atoms with Crippen molar-refractivity contribution in [1.29, 1.82) is 0 Å². The minimum Gasteiger partial charge on any atom is -0.478 e. The molecule has 9 heteroatoms. The third-order valence-corrected chi connectivity index (χ3v) is 4.13. The van der Waals surface area contributed by atoms with Crippen molar-refractivity contribution in [2.24, 2.45) is 0 Å². The van der Waals surface area contributed by atoms with Gasteiger partial charge in [0.1, 0.15) is 5.82 Å². The second-order valence-electron chi connectivity index (χ2n) is 3.78. The van der Waals surface area contributed by atoms with Crippen molar-refractivity contribution in [1.82, 2.24) is 4.72 Å². The van der Waals surface area contributed by atoms with E-state index >= 15 is 0 Å². The molecule has 1 atom stereocenters. The molecule has 0 aliphatic rings. The Morgan fingerprint density at radius 3 is 2.58 bits per heavy atom. The third-order valence-electron chi connectivity index (χ3n) is 2.17. The molecule has 6 nitrogen and oxygen atoms in total.